The third kappa shape index (κ3) is 2.80. The molecule has 0 saturated carbocycles. The van der Waals surface area contributed by atoms with Crippen LogP contribution in [0.1, 0.15) is 17.4 Å². The summed E-state index contributed by atoms with van der Waals surface area (Å²) in [4.78, 5) is 14.4. The number of nitrogens with one attached hydrogen (secondary N) is 2. The number of H-pyrrole nitrogens is 1. The first-order valence-corrected chi connectivity index (χ1v) is 7.36. The van der Waals surface area contributed by atoms with Crippen molar-refractivity contribution in [3.63, 3.8) is 0 Å². The molecule has 0 aliphatic carbocycles. The average Bonchev–Trinajstić information content (AvgIpc) is 2.97. The Labute approximate surface area is 128 Å². The Morgan fingerprint density at radius 2 is 2.24 bits per heavy atom. The van der Waals surface area contributed by atoms with Gasteiger partial charge in [0.25, 0.3) is 5.91 Å². The molecule has 2 aromatic rings. The van der Waals surface area contributed by atoms with Gasteiger partial charge in [0.1, 0.15) is 5.69 Å². The fourth-order valence-corrected chi connectivity index (χ4v) is 2.77. The Morgan fingerprint density at radius 1 is 1.43 bits per heavy atom. The van der Waals surface area contributed by atoms with E-state index in [0.29, 0.717) is 23.0 Å². The first-order chi connectivity index (χ1) is 10.2. The van der Waals surface area contributed by atoms with E-state index in [1.54, 1.807) is 6.07 Å². The van der Waals surface area contributed by atoms with Crippen molar-refractivity contribution in [2.45, 2.75) is 13.0 Å². The second kappa shape index (κ2) is 5.87. The van der Waals surface area contributed by atoms with Crippen LogP contribution in [0.2, 0.25) is 5.02 Å². The van der Waals surface area contributed by atoms with Crippen molar-refractivity contribution in [2.75, 3.05) is 19.6 Å². The van der Waals surface area contributed by atoms with Gasteiger partial charge in [-0.05, 0) is 19.1 Å². The predicted octanol–water partition coefficient (Wildman–Crippen LogP) is 2.16. The van der Waals surface area contributed by atoms with Crippen LogP contribution in [-0.4, -0.2) is 46.7 Å². The minimum atomic E-state index is -0.0187. The fraction of sp³-hybridized carbons (Fsp3) is 0.333. The smallest absolute Gasteiger partial charge is 0.272 e. The molecule has 1 aliphatic rings. The summed E-state index contributed by atoms with van der Waals surface area (Å²) >= 11 is 6.16. The summed E-state index contributed by atoms with van der Waals surface area (Å²) in [5.74, 6) is -0.0187. The van der Waals surface area contributed by atoms with E-state index >= 15 is 0 Å². The molecular weight excluding hydrogens is 288 g/mol. The van der Waals surface area contributed by atoms with E-state index in [-0.39, 0.29) is 11.9 Å². The molecule has 1 saturated heterocycles. The maximum atomic E-state index is 12.5. The van der Waals surface area contributed by atoms with Crippen molar-refractivity contribution in [3.05, 3.63) is 41.0 Å². The number of halogens is 1. The summed E-state index contributed by atoms with van der Waals surface area (Å²) < 4.78 is 0. The van der Waals surface area contributed by atoms with Crippen LogP contribution >= 0.6 is 11.6 Å². The number of nitrogens with zero attached hydrogens (tertiary/aromatic N) is 2. The number of benzene rings is 1. The minimum Gasteiger partial charge on any atom is -0.332 e. The number of aromatic amines is 1. The Morgan fingerprint density at radius 3 is 3.00 bits per heavy atom. The van der Waals surface area contributed by atoms with Gasteiger partial charge in [-0.15, -0.1) is 0 Å². The molecule has 6 heteroatoms. The maximum absolute atomic E-state index is 12.5. The minimum absolute atomic E-state index is 0.0187. The summed E-state index contributed by atoms with van der Waals surface area (Å²) in [6, 6.07) is 9.41. The fourth-order valence-electron chi connectivity index (χ4n) is 2.54. The first kappa shape index (κ1) is 14.1. The van der Waals surface area contributed by atoms with Crippen LogP contribution in [0.25, 0.3) is 11.3 Å². The summed E-state index contributed by atoms with van der Waals surface area (Å²) in [5, 5.41) is 10.9. The van der Waals surface area contributed by atoms with Gasteiger partial charge in [-0.3, -0.25) is 9.89 Å². The Kier molecular flexibility index (Phi) is 3.94. The lowest BCUT2D eigenvalue weighted by Crippen LogP contribution is -2.52. The highest BCUT2D eigenvalue weighted by molar-refractivity contribution is 6.33. The van der Waals surface area contributed by atoms with Gasteiger partial charge in [-0.2, -0.15) is 5.10 Å². The summed E-state index contributed by atoms with van der Waals surface area (Å²) in [6.45, 7) is 4.38. The number of carbonyl (C=O) groups excluding carboxylic acids is 1. The average molecular weight is 305 g/mol. The third-order valence-corrected chi connectivity index (χ3v) is 4.05. The molecule has 2 heterocycles. The van der Waals surface area contributed by atoms with Gasteiger partial charge in [-0.1, -0.05) is 29.8 Å². The lowest BCUT2D eigenvalue weighted by atomic mass is 10.1. The van der Waals surface area contributed by atoms with Crippen molar-refractivity contribution in [1.29, 1.82) is 0 Å². The van der Waals surface area contributed by atoms with Gasteiger partial charge in [0, 0.05) is 31.2 Å². The zero-order valence-corrected chi connectivity index (χ0v) is 12.5. The predicted molar refractivity (Wildman–Crippen MR) is 82.4 cm³/mol. The molecule has 1 aromatic carbocycles. The molecule has 0 spiro atoms. The van der Waals surface area contributed by atoms with Crippen LogP contribution in [0.15, 0.2) is 30.3 Å². The molecule has 1 atom stereocenters. The molecule has 1 unspecified atom stereocenters. The third-order valence-electron chi connectivity index (χ3n) is 3.72. The molecule has 3 rings (SSSR count). The quantitative estimate of drug-likeness (QED) is 0.894. The normalized spacial score (nSPS) is 18.8. The van der Waals surface area contributed by atoms with Crippen LogP contribution < -0.4 is 5.32 Å². The summed E-state index contributed by atoms with van der Waals surface area (Å²) in [7, 11) is 0. The lowest BCUT2D eigenvalue weighted by Gasteiger charge is -2.33. The molecule has 110 valence electrons. The highest BCUT2D eigenvalue weighted by Gasteiger charge is 2.25. The SMILES string of the molecule is CC1CNCCN1C(=O)c1cc(-c2ccccc2Cl)n[nH]1. The van der Waals surface area contributed by atoms with Crippen molar-refractivity contribution < 1.29 is 4.79 Å². The number of carbonyl (C=O) groups is 1. The van der Waals surface area contributed by atoms with E-state index in [1.807, 2.05) is 36.1 Å². The molecule has 0 bridgehead atoms. The molecular formula is C15H17ClN4O. The highest BCUT2D eigenvalue weighted by Crippen LogP contribution is 2.26. The zero-order valence-electron chi connectivity index (χ0n) is 11.8. The van der Waals surface area contributed by atoms with Gasteiger partial charge in [0.05, 0.1) is 10.7 Å². The Balaban J connectivity index is 1.85. The number of piperazine rings is 1. The van der Waals surface area contributed by atoms with Gasteiger partial charge >= 0.3 is 0 Å². The van der Waals surface area contributed by atoms with Gasteiger partial charge < -0.3 is 10.2 Å². The second-order valence-corrected chi connectivity index (χ2v) is 5.61. The van der Waals surface area contributed by atoms with Gasteiger partial charge in [-0.25, -0.2) is 0 Å². The van der Waals surface area contributed by atoms with Crippen LogP contribution in [0.4, 0.5) is 0 Å². The van der Waals surface area contributed by atoms with E-state index in [0.717, 1.165) is 18.7 Å². The van der Waals surface area contributed by atoms with Gasteiger partial charge in [0.15, 0.2) is 0 Å². The number of hydrogen-bond acceptors (Lipinski definition) is 3. The first-order valence-electron chi connectivity index (χ1n) is 6.99. The van der Waals surface area contributed by atoms with E-state index in [9.17, 15) is 4.79 Å². The van der Waals surface area contributed by atoms with Gasteiger partial charge in [0.2, 0.25) is 0 Å². The van der Waals surface area contributed by atoms with E-state index in [1.165, 1.54) is 0 Å². The molecule has 21 heavy (non-hydrogen) atoms. The zero-order chi connectivity index (χ0) is 14.8. The Hall–Kier alpha value is -1.85. The molecule has 1 fully saturated rings. The standard InChI is InChI=1S/C15H17ClN4O/c1-10-9-17-6-7-20(10)15(21)14-8-13(18-19-14)11-4-2-3-5-12(11)16/h2-5,8,10,17H,6-7,9H2,1H3,(H,18,19). The lowest BCUT2D eigenvalue weighted by molar-refractivity contribution is 0.0649. The molecule has 0 radical (unpaired) electrons. The van der Waals surface area contributed by atoms with E-state index in [4.69, 9.17) is 11.6 Å². The van der Waals surface area contributed by atoms with E-state index < -0.39 is 0 Å². The summed E-state index contributed by atoms with van der Waals surface area (Å²) in [5.41, 5.74) is 2.01. The maximum Gasteiger partial charge on any atom is 0.272 e. The molecule has 1 amide bonds. The second-order valence-electron chi connectivity index (χ2n) is 5.20. The Bertz CT molecular complexity index is 655. The van der Waals surface area contributed by atoms with Crippen molar-refractivity contribution in [3.8, 4) is 11.3 Å². The largest absolute Gasteiger partial charge is 0.332 e. The van der Waals surface area contributed by atoms with E-state index in [2.05, 4.69) is 15.5 Å². The summed E-state index contributed by atoms with van der Waals surface area (Å²) in [6.07, 6.45) is 0. The van der Waals surface area contributed by atoms with Crippen molar-refractivity contribution in [2.24, 2.45) is 0 Å². The van der Waals surface area contributed by atoms with Crippen LogP contribution in [0, 0.1) is 0 Å². The number of rotatable bonds is 2. The topological polar surface area (TPSA) is 61.0 Å². The van der Waals surface area contributed by atoms with Crippen molar-refractivity contribution >= 4 is 17.5 Å². The molecule has 1 aromatic heterocycles. The monoisotopic (exact) mass is 304 g/mol. The molecule has 5 nitrogen and oxygen atoms in total. The van der Waals surface area contributed by atoms with Crippen LogP contribution in [0.5, 0.6) is 0 Å². The van der Waals surface area contributed by atoms with Crippen LogP contribution in [0.3, 0.4) is 0 Å². The number of hydrogen-bond donors (Lipinski definition) is 2. The van der Waals surface area contributed by atoms with Crippen molar-refractivity contribution in [1.82, 2.24) is 20.4 Å². The number of aromatic nitrogens is 2. The highest BCUT2D eigenvalue weighted by atomic mass is 35.5. The molecule has 1 aliphatic heterocycles. The number of amides is 1. The molecule has 2 N–H and O–H groups in total. The van der Waals surface area contributed by atoms with Crippen LogP contribution in [-0.2, 0) is 0 Å².